The highest BCUT2D eigenvalue weighted by Crippen LogP contribution is 2.49. The van der Waals surface area contributed by atoms with Crippen molar-refractivity contribution in [2.45, 2.75) is 52.4 Å². The van der Waals surface area contributed by atoms with E-state index in [0.717, 1.165) is 19.3 Å². The number of hydrogen-bond donors (Lipinski definition) is 0. The number of Topliss-reactive ketones (excluding diaryl/α,β-unsaturated/α-hetero) is 1. The summed E-state index contributed by atoms with van der Waals surface area (Å²) in [6.45, 7) is 4.37. The highest BCUT2D eigenvalue weighted by Gasteiger charge is 2.49. The average Bonchev–Trinajstić information content (AvgIpc) is 2.92. The molecule has 0 aromatic heterocycles. The molecule has 0 radical (unpaired) electrons. The van der Waals surface area contributed by atoms with Crippen LogP contribution < -0.4 is 0 Å². The summed E-state index contributed by atoms with van der Waals surface area (Å²) in [6.07, 6.45) is 6.89. The van der Waals surface area contributed by atoms with E-state index in [-0.39, 0.29) is 5.92 Å². The van der Waals surface area contributed by atoms with Gasteiger partial charge in [0.25, 0.3) is 0 Å². The number of rotatable bonds is 4. The van der Waals surface area contributed by atoms with Gasteiger partial charge in [-0.15, -0.1) is 0 Å². The Morgan fingerprint density at radius 1 is 0.846 bits per heavy atom. The summed E-state index contributed by atoms with van der Waals surface area (Å²) in [5.74, 6) is 2.20. The van der Waals surface area contributed by atoms with Gasteiger partial charge in [0.1, 0.15) is 5.78 Å². The molecule has 26 heavy (non-hydrogen) atoms. The molecule has 3 unspecified atom stereocenters. The molecule has 4 rings (SSSR count). The fourth-order valence-corrected chi connectivity index (χ4v) is 5.43. The molecule has 4 atom stereocenters. The van der Waals surface area contributed by atoms with Crippen LogP contribution in [0.4, 0.5) is 0 Å². The van der Waals surface area contributed by atoms with Gasteiger partial charge in [-0.25, -0.2) is 0 Å². The van der Waals surface area contributed by atoms with E-state index in [4.69, 9.17) is 0 Å². The zero-order chi connectivity index (χ0) is 18.1. The quantitative estimate of drug-likeness (QED) is 0.693. The second kappa shape index (κ2) is 7.39. The summed E-state index contributed by atoms with van der Waals surface area (Å²) >= 11 is 0. The minimum atomic E-state index is 0.201. The maximum Gasteiger partial charge on any atom is 0.139 e. The van der Waals surface area contributed by atoms with E-state index in [0.29, 0.717) is 23.5 Å². The lowest BCUT2D eigenvalue weighted by Gasteiger charge is -2.29. The summed E-state index contributed by atoms with van der Waals surface area (Å²) in [5, 5.41) is 0. The molecule has 2 fully saturated rings. The van der Waals surface area contributed by atoms with Gasteiger partial charge in [0.2, 0.25) is 0 Å². The number of carbonyl (C=O) groups is 1. The van der Waals surface area contributed by atoms with Crippen LogP contribution in [0.3, 0.4) is 0 Å². The van der Waals surface area contributed by atoms with E-state index in [2.05, 4.69) is 62.4 Å². The minimum Gasteiger partial charge on any atom is -0.299 e. The Balaban J connectivity index is 1.62. The van der Waals surface area contributed by atoms with Crippen molar-refractivity contribution in [3.63, 3.8) is 0 Å². The molecule has 2 aromatic rings. The number of aryl methyl sites for hydroxylation is 2. The molecule has 2 aliphatic carbocycles. The minimum absolute atomic E-state index is 0.201. The summed E-state index contributed by atoms with van der Waals surface area (Å²) in [4.78, 5) is 13.3. The summed E-state index contributed by atoms with van der Waals surface area (Å²) < 4.78 is 0. The number of carbonyl (C=O) groups excluding carboxylic acids is 1. The monoisotopic (exact) mass is 346 g/mol. The third-order valence-electron chi connectivity index (χ3n) is 6.96. The van der Waals surface area contributed by atoms with E-state index in [1.807, 2.05) is 0 Å². The molecule has 0 spiro atoms. The molecule has 2 aliphatic rings. The SMILES string of the molecule is Cc1ccc(C[C@H]2C(Cc3ccccc3)C(=O)C3CCCCC32)cc1C. The lowest BCUT2D eigenvalue weighted by molar-refractivity contribution is -0.125. The van der Waals surface area contributed by atoms with Gasteiger partial charge in [0, 0.05) is 11.8 Å². The lowest BCUT2D eigenvalue weighted by atomic mass is 9.75. The van der Waals surface area contributed by atoms with Crippen LogP contribution in [0.15, 0.2) is 48.5 Å². The molecule has 1 nitrogen and oxygen atoms in total. The smallest absolute Gasteiger partial charge is 0.139 e. The fourth-order valence-electron chi connectivity index (χ4n) is 5.43. The predicted octanol–water partition coefficient (Wildman–Crippen LogP) is 5.71. The van der Waals surface area contributed by atoms with Crippen LogP contribution >= 0.6 is 0 Å². The maximum absolute atomic E-state index is 13.3. The van der Waals surface area contributed by atoms with Gasteiger partial charge >= 0.3 is 0 Å². The van der Waals surface area contributed by atoms with Gasteiger partial charge in [-0.3, -0.25) is 4.79 Å². The predicted molar refractivity (Wildman–Crippen MR) is 107 cm³/mol. The van der Waals surface area contributed by atoms with Crippen molar-refractivity contribution in [1.29, 1.82) is 0 Å². The van der Waals surface area contributed by atoms with E-state index in [1.54, 1.807) is 0 Å². The molecule has 0 N–H and O–H groups in total. The van der Waals surface area contributed by atoms with Crippen LogP contribution in [0.2, 0.25) is 0 Å². The molecule has 0 saturated heterocycles. The molecule has 0 heterocycles. The summed E-state index contributed by atoms with van der Waals surface area (Å²) in [7, 11) is 0. The number of fused-ring (bicyclic) bond motifs is 1. The molecule has 136 valence electrons. The Morgan fingerprint density at radius 3 is 2.38 bits per heavy atom. The van der Waals surface area contributed by atoms with Crippen LogP contribution in [-0.4, -0.2) is 5.78 Å². The number of benzene rings is 2. The fraction of sp³-hybridized carbons (Fsp3) is 0.480. The van der Waals surface area contributed by atoms with Gasteiger partial charge in [0.15, 0.2) is 0 Å². The van der Waals surface area contributed by atoms with Gasteiger partial charge in [-0.05, 0) is 73.6 Å². The second-order valence-corrected chi connectivity index (χ2v) is 8.54. The van der Waals surface area contributed by atoms with Crippen molar-refractivity contribution in [1.82, 2.24) is 0 Å². The molecular formula is C25H30O. The lowest BCUT2D eigenvalue weighted by Crippen LogP contribution is -2.23. The standard InChI is InChI=1S/C25H30O/c1-17-12-13-20(14-18(17)2)16-23-21-10-6-7-11-22(21)25(26)24(23)15-19-8-4-3-5-9-19/h3-5,8-9,12-14,21-24H,6-7,10-11,15-16H2,1-2H3/t21?,22?,23-,24?/m1/s1. The third kappa shape index (κ3) is 3.37. The molecule has 2 aromatic carbocycles. The topological polar surface area (TPSA) is 17.1 Å². The number of hydrogen-bond acceptors (Lipinski definition) is 1. The van der Waals surface area contributed by atoms with Crippen molar-refractivity contribution >= 4 is 5.78 Å². The number of ketones is 1. The highest BCUT2D eigenvalue weighted by molar-refractivity contribution is 5.87. The molecule has 2 saturated carbocycles. The van der Waals surface area contributed by atoms with Crippen molar-refractivity contribution in [2.24, 2.45) is 23.7 Å². The Morgan fingerprint density at radius 2 is 1.62 bits per heavy atom. The maximum atomic E-state index is 13.3. The van der Waals surface area contributed by atoms with Crippen LogP contribution in [0.5, 0.6) is 0 Å². The van der Waals surface area contributed by atoms with Crippen molar-refractivity contribution in [2.75, 3.05) is 0 Å². The van der Waals surface area contributed by atoms with Gasteiger partial charge in [0.05, 0.1) is 0 Å². The average molecular weight is 347 g/mol. The van der Waals surface area contributed by atoms with E-state index >= 15 is 0 Å². The Labute approximate surface area is 157 Å². The molecule has 1 heteroatoms. The van der Waals surface area contributed by atoms with Crippen molar-refractivity contribution in [3.8, 4) is 0 Å². The van der Waals surface area contributed by atoms with E-state index in [9.17, 15) is 4.79 Å². The van der Waals surface area contributed by atoms with Crippen molar-refractivity contribution in [3.05, 3.63) is 70.8 Å². The second-order valence-electron chi connectivity index (χ2n) is 8.54. The zero-order valence-corrected chi connectivity index (χ0v) is 16.1. The first kappa shape index (κ1) is 17.5. The molecular weight excluding hydrogens is 316 g/mol. The largest absolute Gasteiger partial charge is 0.299 e. The first-order valence-electron chi connectivity index (χ1n) is 10.3. The third-order valence-corrected chi connectivity index (χ3v) is 6.96. The van der Waals surface area contributed by atoms with Crippen LogP contribution in [0.25, 0.3) is 0 Å². The molecule has 0 amide bonds. The molecule has 0 aliphatic heterocycles. The Kier molecular flexibility index (Phi) is 4.98. The highest BCUT2D eigenvalue weighted by atomic mass is 16.1. The Hall–Kier alpha value is -1.89. The first-order valence-corrected chi connectivity index (χ1v) is 10.3. The van der Waals surface area contributed by atoms with Crippen LogP contribution in [0.1, 0.15) is 47.9 Å². The summed E-state index contributed by atoms with van der Waals surface area (Å²) in [5.41, 5.74) is 5.45. The normalized spacial score (nSPS) is 28.2. The summed E-state index contributed by atoms with van der Waals surface area (Å²) in [6, 6.07) is 17.5. The van der Waals surface area contributed by atoms with E-state index in [1.165, 1.54) is 41.5 Å². The zero-order valence-electron chi connectivity index (χ0n) is 16.1. The van der Waals surface area contributed by atoms with Crippen molar-refractivity contribution < 1.29 is 4.79 Å². The first-order chi connectivity index (χ1) is 12.6. The van der Waals surface area contributed by atoms with Crippen LogP contribution in [0, 0.1) is 37.5 Å². The van der Waals surface area contributed by atoms with Gasteiger partial charge < -0.3 is 0 Å². The van der Waals surface area contributed by atoms with Gasteiger partial charge in [-0.1, -0.05) is 61.4 Å². The molecule has 0 bridgehead atoms. The van der Waals surface area contributed by atoms with Crippen LogP contribution in [-0.2, 0) is 17.6 Å². The van der Waals surface area contributed by atoms with Gasteiger partial charge in [-0.2, -0.15) is 0 Å². The van der Waals surface area contributed by atoms with E-state index < -0.39 is 0 Å². The Bertz CT molecular complexity index is 776.